The van der Waals surface area contributed by atoms with Crippen molar-refractivity contribution >= 4 is 34.4 Å². The molecule has 1 saturated heterocycles. The minimum atomic E-state index is 0.0740. The maximum atomic E-state index is 13.4. The Morgan fingerprint density at radius 3 is 2.58 bits per heavy atom. The largest absolute Gasteiger partial charge is 0.368 e. The van der Waals surface area contributed by atoms with E-state index in [2.05, 4.69) is 57.4 Å². The van der Waals surface area contributed by atoms with Gasteiger partial charge in [0.1, 0.15) is 16.5 Å². The Morgan fingerprint density at radius 2 is 1.88 bits per heavy atom. The van der Waals surface area contributed by atoms with Crippen LogP contribution in [0.2, 0.25) is 0 Å². The summed E-state index contributed by atoms with van der Waals surface area (Å²) in [5, 5.41) is 3.05. The van der Waals surface area contributed by atoms with Crippen molar-refractivity contribution in [1.29, 1.82) is 0 Å². The minimum Gasteiger partial charge on any atom is -0.368 e. The number of fused-ring (bicyclic) bond motifs is 1. The molecule has 0 radical (unpaired) electrons. The molecule has 1 fully saturated rings. The summed E-state index contributed by atoms with van der Waals surface area (Å²) in [5.74, 6) is 1.09. The quantitative estimate of drug-likeness (QED) is 0.436. The van der Waals surface area contributed by atoms with Gasteiger partial charge in [0.2, 0.25) is 0 Å². The molecule has 0 unspecified atom stereocenters. The lowest BCUT2D eigenvalue weighted by Gasteiger charge is -2.36. The van der Waals surface area contributed by atoms with Gasteiger partial charge in [-0.2, -0.15) is 0 Å². The van der Waals surface area contributed by atoms with E-state index >= 15 is 0 Å². The Balaban J connectivity index is 1.37. The van der Waals surface area contributed by atoms with Crippen LogP contribution in [0.3, 0.4) is 0 Å². The number of hydrogen-bond donors (Lipinski definition) is 0. The van der Waals surface area contributed by atoms with E-state index in [1.807, 2.05) is 40.9 Å². The molecular formula is C25H28N6OS. The van der Waals surface area contributed by atoms with Crippen molar-refractivity contribution in [3.05, 3.63) is 76.5 Å². The van der Waals surface area contributed by atoms with Crippen LogP contribution in [-0.2, 0) is 13.0 Å². The van der Waals surface area contributed by atoms with E-state index in [0.717, 1.165) is 41.7 Å². The van der Waals surface area contributed by atoms with Crippen LogP contribution in [0, 0.1) is 0 Å². The average Bonchev–Trinajstić information content (AvgIpc) is 3.51. The molecule has 170 valence electrons. The van der Waals surface area contributed by atoms with Gasteiger partial charge in [0.25, 0.3) is 5.91 Å². The van der Waals surface area contributed by atoms with Crippen molar-refractivity contribution < 1.29 is 4.79 Å². The number of aryl methyl sites for hydroxylation is 1. The molecule has 0 saturated carbocycles. The van der Waals surface area contributed by atoms with E-state index in [1.165, 1.54) is 5.69 Å². The second-order valence-corrected chi connectivity index (χ2v) is 9.26. The van der Waals surface area contributed by atoms with E-state index in [4.69, 9.17) is 4.98 Å². The number of rotatable bonds is 6. The number of para-hydroxylation sites is 1. The molecule has 4 heterocycles. The van der Waals surface area contributed by atoms with Gasteiger partial charge < -0.3 is 14.7 Å². The third-order valence-corrected chi connectivity index (χ3v) is 6.91. The number of thiazole rings is 1. The van der Waals surface area contributed by atoms with E-state index in [-0.39, 0.29) is 5.91 Å². The molecule has 0 N–H and O–H groups in total. The lowest BCUT2D eigenvalue weighted by molar-refractivity contribution is 0.0746. The van der Waals surface area contributed by atoms with Crippen molar-refractivity contribution in [3.63, 3.8) is 0 Å². The van der Waals surface area contributed by atoms with Crippen LogP contribution < -0.4 is 9.80 Å². The summed E-state index contributed by atoms with van der Waals surface area (Å²) in [7, 11) is 2.06. The predicted molar refractivity (Wildman–Crippen MR) is 133 cm³/mol. The Hall–Kier alpha value is -3.39. The smallest absolute Gasteiger partial charge is 0.255 e. The number of nitrogens with zero attached hydrogens (tertiary/aromatic N) is 6. The van der Waals surface area contributed by atoms with Crippen molar-refractivity contribution in [1.82, 2.24) is 19.3 Å². The molecule has 1 aliphatic heterocycles. The fraction of sp³-hybridized carbons (Fsp3) is 0.320. The number of piperazine rings is 1. The number of carbonyl (C=O) groups is 1. The van der Waals surface area contributed by atoms with Crippen LogP contribution in [-0.4, -0.2) is 58.4 Å². The third-order valence-electron chi connectivity index (χ3n) is 6.15. The van der Waals surface area contributed by atoms with Gasteiger partial charge in [-0.3, -0.25) is 9.20 Å². The fourth-order valence-corrected chi connectivity index (χ4v) is 5.12. The highest BCUT2D eigenvalue weighted by atomic mass is 32.1. The van der Waals surface area contributed by atoms with Gasteiger partial charge in [-0.15, -0.1) is 11.3 Å². The first kappa shape index (κ1) is 21.5. The average molecular weight is 461 g/mol. The van der Waals surface area contributed by atoms with Crippen LogP contribution in [0.25, 0.3) is 5.65 Å². The number of carbonyl (C=O) groups excluding carboxylic acids is 1. The van der Waals surface area contributed by atoms with E-state index < -0.39 is 0 Å². The standard InChI is InChI=1S/C25H28N6OS/c1-3-21-24(28(2)18-23-26-11-16-33-23)31-17-19(9-10-22(31)27-21)25(32)30-14-12-29(13-15-30)20-7-5-4-6-8-20/h4-11,16-17H,3,12-15,18H2,1-2H3. The molecule has 0 atom stereocenters. The second-order valence-electron chi connectivity index (χ2n) is 8.28. The third kappa shape index (κ3) is 4.30. The number of imidazole rings is 1. The molecule has 7 nitrogen and oxygen atoms in total. The minimum absolute atomic E-state index is 0.0740. The Morgan fingerprint density at radius 1 is 1.09 bits per heavy atom. The first-order valence-electron chi connectivity index (χ1n) is 11.3. The number of hydrogen-bond acceptors (Lipinski definition) is 6. The topological polar surface area (TPSA) is 57.0 Å². The van der Waals surface area contributed by atoms with Crippen LogP contribution >= 0.6 is 11.3 Å². The summed E-state index contributed by atoms with van der Waals surface area (Å²) >= 11 is 1.65. The molecule has 5 rings (SSSR count). The first-order valence-corrected chi connectivity index (χ1v) is 12.2. The van der Waals surface area contributed by atoms with Crippen molar-refractivity contribution in [3.8, 4) is 0 Å². The number of pyridine rings is 1. The summed E-state index contributed by atoms with van der Waals surface area (Å²) in [6.45, 7) is 5.92. The maximum absolute atomic E-state index is 13.4. The van der Waals surface area contributed by atoms with Crippen molar-refractivity contribution in [2.75, 3.05) is 43.0 Å². The Kier molecular flexibility index (Phi) is 6.00. The van der Waals surface area contributed by atoms with Gasteiger partial charge >= 0.3 is 0 Å². The molecule has 3 aromatic heterocycles. The highest BCUT2D eigenvalue weighted by Crippen LogP contribution is 2.25. The van der Waals surface area contributed by atoms with E-state index in [1.54, 1.807) is 11.3 Å². The second kappa shape index (κ2) is 9.23. The zero-order valence-electron chi connectivity index (χ0n) is 19.0. The predicted octanol–water partition coefficient (Wildman–Crippen LogP) is 3.95. The summed E-state index contributed by atoms with van der Waals surface area (Å²) in [6, 6.07) is 14.2. The normalized spacial score (nSPS) is 14.1. The molecular weight excluding hydrogens is 432 g/mol. The molecule has 0 aliphatic carbocycles. The maximum Gasteiger partial charge on any atom is 0.255 e. The van der Waals surface area contributed by atoms with Gasteiger partial charge in [0.05, 0.1) is 17.8 Å². The van der Waals surface area contributed by atoms with Crippen LogP contribution in [0.5, 0.6) is 0 Å². The van der Waals surface area contributed by atoms with Crippen LogP contribution in [0.1, 0.15) is 28.0 Å². The number of amides is 1. The monoisotopic (exact) mass is 460 g/mol. The fourth-order valence-electron chi connectivity index (χ4n) is 4.45. The zero-order chi connectivity index (χ0) is 22.8. The summed E-state index contributed by atoms with van der Waals surface area (Å²) in [5.41, 5.74) is 3.79. The van der Waals surface area contributed by atoms with Gasteiger partial charge in [-0.25, -0.2) is 9.97 Å². The Labute approximate surface area is 197 Å². The van der Waals surface area contributed by atoms with Crippen molar-refractivity contribution in [2.24, 2.45) is 0 Å². The Bertz CT molecular complexity index is 1230. The van der Waals surface area contributed by atoms with Crippen LogP contribution in [0.4, 0.5) is 11.5 Å². The van der Waals surface area contributed by atoms with E-state index in [0.29, 0.717) is 25.2 Å². The van der Waals surface area contributed by atoms with Gasteiger partial charge in [-0.1, -0.05) is 25.1 Å². The molecule has 33 heavy (non-hydrogen) atoms. The highest BCUT2D eigenvalue weighted by Gasteiger charge is 2.24. The zero-order valence-corrected chi connectivity index (χ0v) is 19.8. The van der Waals surface area contributed by atoms with E-state index in [9.17, 15) is 4.79 Å². The van der Waals surface area contributed by atoms with Crippen LogP contribution in [0.15, 0.2) is 60.2 Å². The molecule has 4 aromatic rings. The lowest BCUT2D eigenvalue weighted by Crippen LogP contribution is -2.48. The van der Waals surface area contributed by atoms with Gasteiger partial charge in [0.15, 0.2) is 0 Å². The molecule has 1 aromatic carbocycles. The molecule has 0 spiro atoms. The lowest BCUT2D eigenvalue weighted by atomic mass is 10.2. The number of benzene rings is 1. The number of anilines is 2. The molecule has 8 heteroatoms. The van der Waals surface area contributed by atoms with Gasteiger partial charge in [-0.05, 0) is 30.7 Å². The summed E-state index contributed by atoms with van der Waals surface area (Å²) in [4.78, 5) is 29.0. The SMILES string of the molecule is CCc1nc2ccc(C(=O)N3CCN(c4ccccc4)CC3)cn2c1N(C)Cc1nccs1. The molecule has 1 aliphatic rings. The van der Waals surface area contributed by atoms with Crippen molar-refractivity contribution in [2.45, 2.75) is 19.9 Å². The van der Waals surface area contributed by atoms with Gasteiger partial charge in [0, 0.05) is 56.7 Å². The summed E-state index contributed by atoms with van der Waals surface area (Å²) < 4.78 is 2.06. The number of aromatic nitrogens is 3. The summed E-state index contributed by atoms with van der Waals surface area (Å²) in [6.07, 6.45) is 4.60. The highest BCUT2D eigenvalue weighted by molar-refractivity contribution is 7.09. The first-order chi connectivity index (χ1) is 16.1. The molecule has 1 amide bonds. The molecule has 0 bridgehead atoms.